The van der Waals surface area contributed by atoms with E-state index in [1.807, 2.05) is 6.92 Å². The molecule has 78 valence electrons. The molecular weight excluding hydrogens is 194 g/mol. The quantitative estimate of drug-likeness (QED) is 0.696. The zero-order valence-electron chi connectivity index (χ0n) is 8.55. The predicted octanol–water partition coefficient (Wildman–Crippen LogP) is 1.29. The molecule has 1 aromatic rings. The van der Waals surface area contributed by atoms with Gasteiger partial charge in [0.25, 0.3) is 0 Å². The second-order valence-corrected chi connectivity index (χ2v) is 4.83. The number of nitrogens with one attached hydrogen (secondary N) is 2. The van der Waals surface area contributed by atoms with Crippen LogP contribution in [0.5, 0.6) is 0 Å². The van der Waals surface area contributed by atoms with E-state index in [0.29, 0.717) is 0 Å². The Hall–Kier alpha value is -0.450. The Bertz CT molecular complexity index is 281. The maximum Gasteiger partial charge on any atom is 0.0897 e. The lowest BCUT2D eigenvalue weighted by Gasteiger charge is -2.03. The van der Waals surface area contributed by atoms with E-state index in [9.17, 15) is 0 Å². The molecule has 2 N–H and O–H groups in total. The number of thiazole rings is 1. The zero-order valence-corrected chi connectivity index (χ0v) is 9.36. The van der Waals surface area contributed by atoms with Crippen LogP contribution >= 0.6 is 11.3 Å². The van der Waals surface area contributed by atoms with Gasteiger partial charge in [0.1, 0.15) is 0 Å². The fraction of sp³-hybridized carbons (Fsp3) is 0.700. The number of nitrogens with zero attached hydrogens (tertiary/aromatic N) is 1. The highest BCUT2D eigenvalue weighted by Gasteiger charge is 2.19. The highest BCUT2D eigenvalue weighted by molar-refractivity contribution is 7.09. The first-order chi connectivity index (χ1) is 6.84. The first-order valence-electron chi connectivity index (χ1n) is 5.20. The largest absolute Gasteiger partial charge is 0.313 e. The standard InChI is InChI=1S/C10H17N3S/c1-8-13-10(7-14-8)6-11-4-5-12-9-2-3-9/h7,9,11-12H,2-6H2,1H3. The summed E-state index contributed by atoms with van der Waals surface area (Å²) in [5.41, 5.74) is 1.17. The predicted molar refractivity (Wildman–Crippen MR) is 59.6 cm³/mol. The monoisotopic (exact) mass is 211 g/mol. The van der Waals surface area contributed by atoms with Crippen molar-refractivity contribution in [1.29, 1.82) is 0 Å². The van der Waals surface area contributed by atoms with Crippen LogP contribution in [0.1, 0.15) is 23.5 Å². The Morgan fingerprint density at radius 1 is 1.50 bits per heavy atom. The van der Waals surface area contributed by atoms with Crippen molar-refractivity contribution in [3.05, 3.63) is 16.1 Å². The van der Waals surface area contributed by atoms with Crippen molar-refractivity contribution >= 4 is 11.3 Å². The van der Waals surface area contributed by atoms with Gasteiger partial charge >= 0.3 is 0 Å². The van der Waals surface area contributed by atoms with E-state index in [4.69, 9.17) is 0 Å². The van der Waals surface area contributed by atoms with Crippen LogP contribution in [0.4, 0.5) is 0 Å². The van der Waals surface area contributed by atoms with Gasteiger partial charge in [-0.05, 0) is 19.8 Å². The number of rotatable bonds is 6. The minimum atomic E-state index is 0.818. The van der Waals surface area contributed by atoms with E-state index < -0.39 is 0 Å². The molecule has 0 radical (unpaired) electrons. The van der Waals surface area contributed by atoms with E-state index in [0.717, 1.165) is 30.7 Å². The van der Waals surface area contributed by atoms with E-state index in [1.54, 1.807) is 11.3 Å². The first-order valence-corrected chi connectivity index (χ1v) is 6.07. The molecule has 1 aliphatic carbocycles. The third-order valence-corrected chi connectivity index (χ3v) is 3.11. The van der Waals surface area contributed by atoms with Crippen LogP contribution in [0.2, 0.25) is 0 Å². The molecule has 2 rings (SSSR count). The summed E-state index contributed by atoms with van der Waals surface area (Å²) in [7, 11) is 0. The van der Waals surface area contributed by atoms with Crippen LogP contribution in [0.25, 0.3) is 0 Å². The smallest absolute Gasteiger partial charge is 0.0897 e. The molecule has 0 aliphatic heterocycles. The maximum absolute atomic E-state index is 4.39. The van der Waals surface area contributed by atoms with Gasteiger partial charge in [0.2, 0.25) is 0 Å². The lowest BCUT2D eigenvalue weighted by atomic mass is 10.4. The Labute approximate surface area is 88.9 Å². The Morgan fingerprint density at radius 3 is 3.00 bits per heavy atom. The Morgan fingerprint density at radius 2 is 2.36 bits per heavy atom. The summed E-state index contributed by atoms with van der Waals surface area (Å²) >= 11 is 1.72. The number of aromatic nitrogens is 1. The van der Waals surface area contributed by atoms with Crippen molar-refractivity contribution in [3.63, 3.8) is 0 Å². The summed E-state index contributed by atoms with van der Waals surface area (Å²) in [6.07, 6.45) is 2.73. The third kappa shape index (κ3) is 3.36. The summed E-state index contributed by atoms with van der Waals surface area (Å²) < 4.78 is 0. The molecule has 1 saturated carbocycles. The van der Waals surface area contributed by atoms with Gasteiger partial charge in [0, 0.05) is 31.1 Å². The van der Waals surface area contributed by atoms with Crippen LogP contribution in [0.15, 0.2) is 5.38 Å². The molecule has 1 fully saturated rings. The maximum atomic E-state index is 4.39. The van der Waals surface area contributed by atoms with Gasteiger partial charge in [-0.25, -0.2) is 4.98 Å². The number of aryl methyl sites for hydroxylation is 1. The van der Waals surface area contributed by atoms with Crippen molar-refractivity contribution in [1.82, 2.24) is 15.6 Å². The number of hydrogen-bond acceptors (Lipinski definition) is 4. The minimum absolute atomic E-state index is 0.818. The fourth-order valence-electron chi connectivity index (χ4n) is 1.36. The lowest BCUT2D eigenvalue weighted by molar-refractivity contribution is 0.604. The van der Waals surface area contributed by atoms with Crippen LogP contribution in [0, 0.1) is 6.92 Å². The second-order valence-electron chi connectivity index (χ2n) is 3.76. The molecule has 0 spiro atoms. The lowest BCUT2D eigenvalue weighted by Crippen LogP contribution is -2.28. The SMILES string of the molecule is Cc1nc(CNCCNC2CC2)cs1. The average Bonchev–Trinajstić information content (AvgIpc) is 2.89. The van der Waals surface area contributed by atoms with Crippen LogP contribution in [-0.4, -0.2) is 24.1 Å². The van der Waals surface area contributed by atoms with Crippen LogP contribution in [0.3, 0.4) is 0 Å². The summed E-state index contributed by atoms with van der Waals surface area (Å²) in [5, 5.41) is 10.1. The van der Waals surface area contributed by atoms with Crippen molar-refractivity contribution in [2.45, 2.75) is 32.4 Å². The molecule has 3 nitrogen and oxygen atoms in total. The van der Waals surface area contributed by atoms with Crippen LogP contribution in [-0.2, 0) is 6.54 Å². The van der Waals surface area contributed by atoms with Gasteiger partial charge < -0.3 is 10.6 Å². The summed E-state index contributed by atoms with van der Waals surface area (Å²) in [5.74, 6) is 0. The van der Waals surface area contributed by atoms with Gasteiger partial charge in [0.05, 0.1) is 10.7 Å². The highest BCUT2D eigenvalue weighted by atomic mass is 32.1. The first kappa shape index (κ1) is 10.1. The second kappa shape index (κ2) is 4.87. The summed E-state index contributed by atoms with van der Waals surface area (Å²) in [4.78, 5) is 4.39. The molecule has 0 unspecified atom stereocenters. The van der Waals surface area contributed by atoms with E-state index in [2.05, 4.69) is 21.0 Å². The summed E-state index contributed by atoms with van der Waals surface area (Å²) in [6.45, 7) is 5.06. The molecule has 1 heterocycles. The van der Waals surface area contributed by atoms with E-state index in [-0.39, 0.29) is 0 Å². The van der Waals surface area contributed by atoms with Gasteiger partial charge in [0.15, 0.2) is 0 Å². The highest BCUT2D eigenvalue weighted by Crippen LogP contribution is 2.17. The van der Waals surface area contributed by atoms with E-state index in [1.165, 1.54) is 18.5 Å². The molecule has 0 atom stereocenters. The topological polar surface area (TPSA) is 37.0 Å². The van der Waals surface area contributed by atoms with Crippen molar-refractivity contribution in [2.75, 3.05) is 13.1 Å². The van der Waals surface area contributed by atoms with Gasteiger partial charge in [-0.15, -0.1) is 11.3 Å². The van der Waals surface area contributed by atoms with Crippen molar-refractivity contribution in [2.24, 2.45) is 0 Å². The Balaban J connectivity index is 1.53. The molecule has 0 aromatic carbocycles. The molecule has 1 aliphatic rings. The molecule has 0 saturated heterocycles. The van der Waals surface area contributed by atoms with Crippen molar-refractivity contribution < 1.29 is 0 Å². The van der Waals surface area contributed by atoms with Gasteiger partial charge in [-0.1, -0.05) is 0 Å². The van der Waals surface area contributed by atoms with E-state index >= 15 is 0 Å². The molecule has 4 heteroatoms. The molecule has 0 bridgehead atoms. The van der Waals surface area contributed by atoms with Crippen LogP contribution < -0.4 is 10.6 Å². The number of hydrogen-bond donors (Lipinski definition) is 2. The zero-order chi connectivity index (χ0) is 9.80. The normalized spacial score (nSPS) is 16.1. The van der Waals surface area contributed by atoms with Crippen molar-refractivity contribution in [3.8, 4) is 0 Å². The van der Waals surface area contributed by atoms with Gasteiger partial charge in [-0.3, -0.25) is 0 Å². The fourth-order valence-corrected chi connectivity index (χ4v) is 1.97. The third-order valence-electron chi connectivity index (χ3n) is 2.28. The minimum Gasteiger partial charge on any atom is -0.313 e. The molecule has 0 amide bonds. The van der Waals surface area contributed by atoms with Gasteiger partial charge in [-0.2, -0.15) is 0 Å². The molecular formula is C10H17N3S. The average molecular weight is 211 g/mol. The summed E-state index contributed by atoms with van der Waals surface area (Å²) in [6, 6.07) is 0.818. The Kier molecular flexibility index (Phi) is 3.50. The molecule has 1 aromatic heterocycles. The molecule has 14 heavy (non-hydrogen) atoms.